The molecule has 0 spiro atoms. The van der Waals surface area contributed by atoms with E-state index >= 15 is 0 Å². The van der Waals surface area contributed by atoms with E-state index in [2.05, 4.69) is 10.1 Å². The van der Waals surface area contributed by atoms with Crippen LogP contribution in [0.2, 0.25) is 0 Å². The number of hydrogen-bond donors (Lipinski definition) is 1. The van der Waals surface area contributed by atoms with Gasteiger partial charge in [0.1, 0.15) is 0 Å². The Hall–Kier alpha value is -2.64. The largest absolute Gasteiger partial charge is 0.465 e. The van der Waals surface area contributed by atoms with Crippen LogP contribution in [0.5, 0.6) is 0 Å². The Balaban J connectivity index is 2.27. The van der Waals surface area contributed by atoms with Gasteiger partial charge >= 0.3 is 12.1 Å². The second-order valence-corrected chi connectivity index (χ2v) is 4.48. The van der Waals surface area contributed by atoms with Crippen molar-refractivity contribution in [2.75, 3.05) is 12.4 Å². The summed E-state index contributed by atoms with van der Waals surface area (Å²) in [5, 5.41) is 2.44. The molecular weight excluding hydrogens is 321 g/mol. The zero-order valence-electron chi connectivity index (χ0n) is 11.7. The predicted molar refractivity (Wildman–Crippen MR) is 72.4 cm³/mol. The van der Waals surface area contributed by atoms with Crippen LogP contribution in [0, 0.1) is 11.6 Å². The number of anilines is 2. The van der Waals surface area contributed by atoms with Crippen LogP contribution in [0.1, 0.15) is 15.9 Å². The van der Waals surface area contributed by atoms with Gasteiger partial charge in [-0.15, -0.1) is 0 Å². The number of rotatable bonds is 3. The Labute approximate surface area is 127 Å². The third-order valence-electron chi connectivity index (χ3n) is 2.97. The molecular formula is C15H10F5NO2. The molecule has 3 nitrogen and oxygen atoms in total. The van der Waals surface area contributed by atoms with Gasteiger partial charge < -0.3 is 10.1 Å². The molecule has 23 heavy (non-hydrogen) atoms. The summed E-state index contributed by atoms with van der Waals surface area (Å²) >= 11 is 0. The first kappa shape index (κ1) is 16.7. The predicted octanol–water partition coefficient (Wildman–Crippen LogP) is 4.51. The highest BCUT2D eigenvalue weighted by molar-refractivity contribution is 5.89. The average Bonchev–Trinajstić information content (AvgIpc) is 2.50. The first-order chi connectivity index (χ1) is 10.7. The van der Waals surface area contributed by atoms with Crippen LogP contribution in [0.3, 0.4) is 0 Å². The zero-order valence-corrected chi connectivity index (χ0v) is 11.7. The van der Waals surface area contributed by atoms with Gasteiger partial charge in [-0.2, -0.15) is 13.2 Å². The maximum Gasteiger partial charge on any atom is 0.419 e. The van der Waals surface area contributed by atoms with Crippen LogP contribution in [0.4, 0.5) is 33.3 Å². The summed E-state index contributed by atoms with van der Waals surface area (Å²) in [6.07, 6.45) is -4.98. The van der Waals surface area contributed by atoms with Crippen LogP contribution in [-0.2, 0) is 10.9 Å². The van der Waals surface area contributed by atoms with Gasteiger partial charge in [-0.3, -0.25) is 0 Å². The summed E-state index contributed by atoms with van der Waals surface area (Å²) in [6, 6.07) is 6.72. The summed E-state index contributed by atoms with van der Waals surface area (Å²) in [5.41, 5.74) is -1.64. The fraction of sp³-hybridized carbons (Fsp3) is 0.133. The van der Waals surface area contributed by atoms with Crippen molar-refractivity contribution in [3.8, 4) is 0 Å². The van der Waals surface area contributed by atoms with Crippen molar-refractivity contribution < 1.29 is 31.5 Å². The van der Waals surface area contributed by atoms with E-state index in [1.54, 1.807) is 0 Å². The molecule has 2 aromatic carbocycles. The van der Waals surface area contributed by atoms with E-state index in [1.165, 1.54) is 31.4 Å². The maximum absolute atomic E-state index is 13.7. The molecule has 2 rings (SSSR count). The van der Waals surface area contributed by atoms with E-state index in [0.717, 1.165) is 6.07 Å². The number of benzene rings is 2. The van der Waals surface area contributed by atoms with Gasteiger partial charge in [0, 0.05) is 5.69 Å². The smallest absolute Gasteiger partial charge is 0.419 e. The van der Waals surface area contributed by atoms with Gasteiger partial charge in [0.05, 0.1) is 23.9 Å². The molecule has 0 aliphatic heterocycles. The number of carbonyl (C=O) groups is 1. The zero-order chi connectivity index (χ0) is 17.2. The van der Waals surface area contributed by atoms with Crippen molar-refractivity contribution in [2.24, 2.45) is 0 Å². The standard InChI is InChI=1S/C15H10F5NO2/c1-23-14(22)8-2-4-9(5-3-8)21-11-7-6-10(15(18,19)20)12(16)13(11)17/h2-7,21H,1H3. The van der Waals surface area contributed by atoms with Gasteiger partial charge in [0.15, 0.2) is 11.6 Å². The Morgan fingerprint density at radius 3 is 2.13 bits per heavy atom. The number of esters is 1. The molecule has 8 heteroatoms. The number of halogens is 5. The molecule has 0 saturated carbocycles. The lowest BCUT2D eigenvalue weighted by atomic mass is 10.1. The lowest BCUT2D eigenvalue weighted by Crippen LogP contribution is -2.10. The molecule has 0 bridgehead atoms. The molecule has 0 aliphatic rings. The number of methoxy groups -OCH3 is 1. The molecule has 122 valence electrons. The van der Waals surface area contributed by atoms with Crippen LogP contribution in [-0.4, -0.2) is 13.1 Å². The van der Waals surface area contributed by atoms with Gasteiger partial charge in [0.25, 0.3) is 0 Å². The number of ether oxygens (including phenoxy) is 1. The molecule has 0 unspecified atom stereocenters. The van der Waals surface area contributed by atoms with Gasteiger partial charge in [-0.25, -0.2) is 13.6 Å². The Morgan fingerprint density at radius 1 is 1.00 bits per heavy atom. The Morgan fingerprint density at radius 2 is 1.61 bits per heavy atom. The fourth-order valence-corrected chi connectivity index (χ4v) is 1.83. The molecule has 0 saturated heterocycles. The molecule has 0 fully saturated rings. The van der Waals surface area contributed by atoms with E-state index in [9.17, 15) is 26.7 Å². The minimum atomic E-state index is -4.98. The van der Waals surface area contributed by atoms with E-state index in [1.807, 2.05) is 0 Å². The molecule has 1 N–H and O–H groups in total. The monoisotopic (exact) mass is 331 g/mol. The van der Waals surface area contributed by atoms with E-state index in [-0.39, 0.29) is 11.3 Å². The van der Waals surface area contributed by atoms with Crippen molar-refractivity contribution in [3.05, 3.63) is 59.2 Å². The Bertz CT molecular complexity index is 726. The summed E-state index contributed by atoms with van der Waals surface area (Å²) in [4.78, 5) is 11.3. The second kappa shape index (κ2) is 6.23. The minimum absolute atomic E-state index is 0.233. The van der Waals surface area contributed by atoms with Gasteiger partial charge in [0.2, 0.25) is 0 Å². The first-order valence-corrected chi connectivity index (χ1v) is 6.24. The van der Waals surface area contributed by atoms with Crippen LogP contribution in [0.25, 0.3) is 0 Å². The van der Waals surface area contributed by atoms with Crippen molar-refractivity contribution >= 4 is 17.3 Å². The van der Waals surface area contributed by atoms with E-state index in [4.69, 9.17) is 0 Å². The highest BCUT2D eigenvalue weighted by atomic mass is 19.4. The minimum Gasteiger partial charge on any atom is -0.465 e. The average molecular weight is 331 g/mol. The summed E-state index contributed by atoms with van der Waals surface area (Å²) in [5.74, 6) is -4.20. The molecule has 0 heterocycles. The SMILES string of the molecule is COC(=O)c1ccc(Nc2ccc(C(F)(F)F)c(F)c2F)cc1. The highest BCUT2D eigenvalue weighted by Crippen LogP contribution is 2.34. The number of carbonyl (C=O) groups excluding carboxylic acids is 1. The van der Waals surface area contributed by atoms with E-state index < -0.39 is 35.0 Å². The van der Waals surface area contributed by atoms with Crippen LogP contribution >= 0.6 is 0 Å². The Kier molecular flexibility index (Phi) is 4.53. The van der Waals surface area contributed by atoms with Crippen molar-refractivity contribution in [3.63, 3.8) is 0 Å². The number of nitrogens with one attached hydrogen (secondary N) is 1. The normalized spacial score (nSPS) is 11.2. The van der Waals surface area contributed by atoms with Crippen molar-refractivity contribution in [1.82, 2.24) is 0 Å². The maximum atomic E-state index is 13.7. The molecule has 0 radical (unpaired) electrons. The lowest BCUT2D eigenvalue weighted by Gasteiger charge is -2.12. The molecule has 2 aromatic rings. The van der Waals surface area contributed by atoms with Gasteiger partial charge in [-0.05, 0) is 36.4 Å². The fourth-order valence-electron chi connectivity index (χ4n) is 1.83. The van der Waals surface area contributed by atoms with Crippen molar-refractivity contribution in [1.29, 1.82) is 0 Å². The van der Waals surface area contributed by atoms with Crippen LogP contribution in [0.15, 0.2) is 36.4 Å². The molecule has 0 atom stereocenters. The number of alkyl halides is 3. The second-order valence-electron chi connectivity index (χ2n) is 4.48. The molecule has 0 aromatic heterocycles. The molecule has 0 amide bonds. The highest BCUT2D eigenvalue weighted by Gasteiger charge is 2.36. The summed E-state index contributed by atoms with van der Waals surface area (Å²) in [6.45, 7) is 0. The van der Waals surface area contributed by atoms with Crippen molar-refractivity contribution in [2.45, 2.75) is 6.18 Å². The van der Waals surface area contributed by atoms with Crippen LogP contribution < -0.4 is 5.32 Å². The van der Waals surface area contributed by atoms with Gasteiger partial charge in [-0.1, -0.05) is 0 Å². The van der Waals surface area contributed by atoms with E-state index in [0.29, 0.717) is 6.07 Å². The molecule has 0 aliphatic carbocycles. The first-order valence-electron chi connectivity index (χ1n) is 6.24. The summed E-state index contributed by atoms with van der Waals surface area (Å²) in [7, 11) is 1.20. The summed E-state index contributed by atoms with van der Waals surface area (Å²) < 4.78 is 69.1. The lowest BCUT2D eigenvalue weighted by molar-refractivity contribution is -0.140. The third kappa shape index (κ3) is 3.58. The number of hydrogen-bond acceptors (Lipinski definition) is 3. The quantitative estimate of drug-likeness (QED) is 0.664. The topological polar surface area (TPSA) is 38.3 Å². The third-order valence-corrected chi connectivity index (χ3v) is 2.97.